The van der Waals surface area contributed by atoms with E-state index in [0.29, 0.717) is 28.1 Å². The van der Waals surface area contributed by atoms with Gasteiger partial charge in [0.05, 0.1) is 0 Å². The molecule has 10 aromatic carbocycles. The predicted octanol–water partition coefficient (Wildman–Crippen LogP) is 32.6. The molecule has 5 nitrogen and oxygen atoms in total. The maximum Gasteiger partial charge on any atom is 0.213 e. The highest BCUT2D eigenvalue weighted by Crippen LogP contribution is 2.55. The van der Waals surface area contributed by atoms with Gasteiger partial charge >= 0.3 is 0 Å². The molecule has 6 unspecified atom stereocenters. The number of fused-ring (bicyclic) bond motifs is 4. The highest BCUT2D eigenvalue weighted by atomic mass is 14.9. The van der Waals surface area contributed by atoms with Crippen molar-refractivity contribution >= 4 is 0 Å². The van der Waals surface area contributed by atoms with Crippen LogP contribution in [0.1, 0.15) is 259 Å². The van der Waals surface area contributed by atoms with E-state index in [9.17, 15) is 0 Å². The van der Waals surface area contributed by atoms with Crippen molar-refractivity contribution in [3.05, 3.63) is 390 Å². The molecule has 0 amide bonds. The van der Waals surface area contributed by atoms with E-state index < -0.39 is 11.8 Å². The van der Waals surface area contributed by atoms with Gasteiger partial charge in [-0.2, -0.15) is 0 Å². The molecule has 0 saturated heterocycles. The summed E-state index contributed by atoms with van der Waals surface area (Å²) >= 11 is 0. The smallest absolute Gasteiger partial charge is 0.201 e. The van der Waals surface area contributed by atoms with Gasteiger partial charge in [0.2, 0.25) is 28.5 Å². The van der Waals surface area contributed by atoms with Gasteiger partial charge in [0, 0.05) is 92.6 Å². The molecule has 0 aliphatic heterocycles. The minimum atomic E-state index is -0.455. The van der Waals surface area contributed by atoms with E-state index in [0.717, 1.165) is 92.6 Å². The molecule has 138 heavy (non-hydrogen) atoms. The summed E-state index contributed by atoms with van der Waals surface area (Å²) in [5.74, 6) is 3.59. The zero-order chi connectivity index (χ0) is 98.7. The first kappa shape index (κ1) is 92.3. The van der Waals surface area contributed by atoms with E-state index in [4.69, 9.17) is 4.11 Å². The lowest BCUT2D eigenvalue weighted by atomic mass is 9.71. The number of nitrogens with zero attached hydrogens (tertiary/aromatic N) is 5. The standard InChI is InChI=1S/3C27H32N.2C26H28N/c2*1-20-8-5-6-11-25(20)26-19-24(14-17-28(26)4)23-10-7-9-22(18-23)21-12-15-27(2,3)16-13-21;1-20-7-5-6-8-25(20)26-19-24(15-18-28(26)4)22-11-9-21(10-12-22)23-13-16-27(2,3)17-14-23;2*1-18-5-3-4-6-24(18)26-17-22(13-14-27(26)2)20-9-11-21(12-10-20)25-16-19-7-8-23(25)15-19/h2*5-11,14,17-19,21H,12-13,15-16H2,1-4H3;5-12,15,18-19,23H,13-14,16-17H2,1-4H3;2*3-6,9-14,17,19,23,25H,7-8,15-16H2,1-2H3/q5*+1/i21D;;23D;25D;. The van der Waals surface area contributed by atoms with Crippen molar-refractivity contribution < 1.29 is 26.9 Å². The zero-order valence-electron chi connectivity index (χ0n) is 88.6. The molecule has 7 aliphatic rings. The molecular formula is C133H152N5+5. The van der Waals surface area contributed by atoms with Crippen LogP contribution in [0, 0.1) is 74.5 Å². The topological polar surface area (TPSA) is 19.4 Å². The van der Waals surface area contributed by atoms with Crippen LogP contribution in [-0.2, 0) is 35.2 Å². The van der Waals surface area contributed by atoms with Crippen molar-refractivity contribution in [1.82, 2.24) is 0 Å². The average Bonchev–Trinajstić information content (AvgIpc) is 1.60. The molecule has 6 atom stereocenters. The van der Waals surface area contributed by atoms with Gasteiger partial charge in [-0.3, -0.25) is 0 Å². The molecule has 7 aliphatic carbocycles. The first-order chi connectivity index (χ1) is 67.7. The summed E-state index contributed by atoms with van der Waals surface area (Å²) in [5.41, 5.74) is 39.5. The summed E-state index contributed by atoms with van der Waals surface area (Å²) in [5, 5.41) is 0. The average molecular weight is 1820 g/mol. The van der Waals surface area contributed by atoms with Gasteiger partial charge in [-0.25, -0.2) is 22.8 Å². The van der Waals surface area contributed by atoms with Crippen molar-refractivity contribution in [3.8, 4) is 112 Å². The maximum atomic E-state index is 9.13. The van der Waals surface area contributed by atoms with Crippen molar-refractivity contribution in [2.45, 2.75) is 234 Å². The van der Waals surface area contributed by atoms with E-state index in [1.807, 2.05) is 0 Å². The van der Waals surface area contributed by atoms with Gasteiger partial charge in [0.25, 0.3) is 0 Å². The number of pyridine rings is 5. The molecule has 0 spiro atoms. The van der Waals surface area contributed by atoms with Crippen LogP contribution < -0.4 is 22.8 Å². The van der Waals surface area contributed by atoms with Crippen molar-refractivity contribution in [1.29, 1.82) is 0 Å². The Hall–Kier alpha value is -12.1. The fourth-order valence-corrected chi connectivity index (χ4v) is 23.8. The molecule has 7 saturated carbocycles. The highest BCUT2D eigenvalue weighted by molar-refractivity contribution is 5.76. The quantitative estimate of drug-likeness (QED) is 0.0912. The number of aryl methyl sites for hydroxylation is 10. The van der Waals surface area contributed by atoms with Gasteiger partial charge in [0.15, 0.2) is 31.0 Å². The van der Waals surface area contributed by atoms with Crippen LogP contribution in [0.25, 0.3) is 112 Å². The first-order valence-electron chi connectivity index (χ1n) is 53.5. The van der Waals surface area contributed by atoms with Crippen LogP contribution in [0.15, 0.2) is 334 Å². The lowest BCUT2D eigenvalue weighted by Gasteiger charge is -2.34. The Labute approximate surface area is 832 Å². The molecule has 5 heterocycles. The minimum absolute atomic E-state index is 0.350. The largest absolute Gasteiger partial charge is 0.213 e. The van der Waals surface area contributed by atoms with Crippen LogP contribution in [-0.4, -0.2) is 0 Å². The van der Waals surface area contributed by atoms with E-state index in [1.165, 1.54) is 221 Å². The Bertz CT molecular complexity index is 6930. The fraction of sp³-hybridized carbons (Fsp3) is 0.361. The van der Waals surface area contributed by atoms with Crippen LogP contribution in [0.3, 0.4) is 0 Å². The zero-order valence-corrected chi connectivity index (χ0v) is 85.6. The summed E-state index contributed by atoms with van der Waals surface area (Å²) < 4.78 is 38.2. The van der Waals surface area contributed by atoms with Gasteiger partial charge in [-0.05, 0) is 361 Å². The highest BCUT2D eigenvalue weighted by Gasteiger charge is 2.42. The summed E-state index contributed by atoms with van der Waals surface area (Å²) in [6.45, 7) is 25.0. The van der Waals surface area contributed by atoms with E-state index >= 15 is 0 Å². The van der Waals surface area contributed by atoms with E-state index in [2.05, 4.69) is 469 Å². The number of hydrogen-bond acceptors (Lipinski definition) is 0. The Kier molecular flexibility index (Phi) is 28.3. The second-order valence-corrected chi connectivity index (χ2v) is 44.5. The Morgan fingerprint density at radius 3 is 0.833 bits per heavy atom. The van der Waals surface area contributed by atoms with Crippen molar-refractivity contribution in [3.63, 3.8) is 0 Å². The summed E-state index contributed by atoms with van der Waals surface area (Å²) in [7, 11) is 10.6. The summed E-state index contributed by atoms with van der Waals surface area (Å²) in [4.78, 5) is 0. The molecule has 15 aromatic rings. The molecule has 0 N–H and O–H groups in total. The van der Waals surface area contributed by atoms with Crippen LogP contribution in [0.4, 0.5) is 0 Å². The number of rotatable bonds is 15. The third kappa shape index (κ3) is 22.6. The van der Waals surface area contributed by atoms with Crippen LogP contribution in [0.5, 0.6) is 0 Å². The minimum Gasteiger partial charge on any atom is -0.201 e. The second-order valence-electron chi connectivity index (χ2n) is 44.5. The first-order valence-corrected chi connectivity index (χ1v) is 52.0. The van der Waals surface area contributed by atoms with Gasteiger partial charge in [-0.15, -0.1) is 0 Å². The SMILES string of the molecule is Cc1ccccc1-c1cc(-c2ccc(C3CC4CCC3C4)cc2)cc[n+]1C.Cc1ccccc1-c1cc(-c2cccc(C3CCC(C)(C)CC3)c2)cc[n+]1C.[2H]C1(c2ccc(-c3cc[n+](C)c(-c4ccccc4C)c3)cc2)CC2CCC1C2.[2H]C1(c2ccc(-c3cc[n+](C)c(-c4ccccc4C)c3)cc2)CCC(C)(C)CC1.[2H]C1(c2cccc(-c3cc[n+](C)c(-c4ccccc4C)c3)c2)CCC(C)(C)CC1. The summed E-state index contributed by atoms with van der Waals surface area (Å²) in [6.07, 6.45) is 35.1. The number of hydrogen-bond donors (Lipinski definition) is 0. The predicted molar refractivity (Wildman–Crippen MR) is 577 cm³/mol. The third-order valence-corrected chi connectivity index (χ3v) is 33.1. The molecule has 5 heteroatoms. The molecule has 7 fully saturated rings. The van der Waals surface area contributed by atoms with Crippen molar-refractivity contribution in [2.24, 2.45) is 75.2 Å². The number of aromatic nitrogens is 5. The van der Waals surface area contributed by atoms with Crippen LogP contribution in [0.2, 0.25) is 0 Å². The summed E-state index contributed by atoms with van der Waals surface area (Å²) in [6, 6.07) is 110. The van der Waals surface area contributed by atoms with E-state index in [-0.39, 0.29) is 5.89 Å². The fourth-order valence-electron chi connectivity index (χ4n) is 23.8. The molecule has 22 rings (SSSR count). The molecule has 5 aromatic heterocycles. The van der Waals surface area contributed by atoms with Crippen LogP contribution >= 0.6 is 0 Å². The molecule has 0 radical (unpaired) electrons. The third-order valence-electron chi connectivity index (χ3n) is 33.1. The second kappa shape index (κ2) is 42.3. The Balaban J connectivity index is 0.000000116. The van der Waals surface area contributed by atoms with Gasteiger partial charge < -0.3 is 0 Å². The Morgan fingerprint density at radius 1 is 0.232 bits per heavy atom. The molecule has 4 bridgehead atoms. The lowest BCUT2D eigenvalue weighted by Crippen LogP contribution is -2.30. The van der Waals surface area contributed by atoms with Crippen molar-refractivity contribution in [2.75, 3.05) is 0 Å². The van der Waals surface area contributed by atoms with Gasteiger partial charge in [-0.1, -0.05) is 267 Å². The normalized spacial score (nSPS) is 20.8. The Morgan fingerprint density at radius 2 is 0.514 bits per heavy atom. The lowest BCUT2D eigenvalue weighted by molar-refractivity contribution is -0.660. The maximum absolute atomic E-state index is 9.13. The van der Waals surface area contributed by atoms with E-state index in [1.54, 1.807) is 5.56 Å². The number of benzene rings is 10. The molecular weight excluding hydrogens is 1670 g/mol. The van der Waals surface area contributed by atoms with Gasteiger partial charge in [0.1, 0.15) is 35.2 Å². The monoisotopic (exact) mass is 1820 g/mol. The molecule has 704 valence electrons.